The fraction of sp³-hybridized carbons (Fsp3) is 0.500. The summed E-state index contributed by atoms with van der Waals surface area (Å²) in [6.07, 6.45) is 0. The summed E-state index contributed by atoms with van der Waals surface area (Å²) < 4.78 is 0. The van der Waals surface area contributed by atoms with E-state index in [4.69, 9.17) is 0 Å². The number of hydrogen-bond donors (Lipinski definition) is 1. The van der Waals surface area contributed by atoms with E-state index >= 15 is 0 Å². The van der Waals surface area contributed by atoms with E-state index in [1.54, 1.807) is 0 Å². The fourth-order valence-corrected chi connectivity index (χ4v) is 0.412. The molecule has 58 valence electrons. The Balaban J connectivity index is 3.60. The summed E-state index contributed by atoms with van der Waals surface area (Å²) in [5.41, 5.74) is 0.198. The smallest absolute Gasteiger partial charge is 0.380 e. The van der Waals surface area contributed by atoms with Crippen LogP contribution in [0, 0.1) is 0 Å². The zero-order chi connectivity index (χ0) is 7.98. The minimum absolute atomic E-state index is 0.198. The van der Waals surface area contributed by atoms with E-state index in [9.17, 15) is 4.79 Å². The third-order valence-electron chi connectivity index (χ3n) is 0.796. The molecule has 0 heterocycles. The topological polar surface area (TPSA) is 47.6 Å². The highest BCUT2D eigenvalue weighted by molar-refractivity contribution is 5.86. The van der Waals surface area contributed by atoms with Gasteiger partial charge in [0.25, 0.3) is 0 Å². The highest BCUT2D eigenvalue weighted by Gasteiger charge is 2.05. The van der Waals surface area contributed by atoms with E-state index in [2.05, 4.69) is 21.7 Å². The molecular formula is C6H11NO3. The Labute approximate surface area is 59.7 Å². The molecule has 0 aliphatic rings. The number of hydrogen-bond acceptors (Lipinski definition) is 4. The lowest BCUT2D eigenvalue weighted by Crippen LogP contribution is -2.20. The van der Waals surface area contributed by atoms with Gasteiger partial charge in [-0.05, 0) is 6.92 Å². The minimum Gasteiger partial charge on any atom is -0.380 e. The van der Waals surface area contributed by atoms with Gasteiger partial charge in [-0.15, -0.1) is 0 Å². The molecule has 0 fully saturated rings. The Kier molecular flexibility index (Phi) is 4.32. The Morgan fingerprint density at radius 1 is 1.70 bits per heavy atom. The second-order valence-electron chi connectivity index (χ2n) is 1.55. The standard InChI is InChI=1S/C6H11NO3/c1-4-7-5(2)6(8)10-9-3/h7H,2,4H2,1,3H3. The van der Waals surface area contributed by atoms with Crippen LogP contribution in [0.25, 0.3) is 0 Å². The summed E-state index contributed by atoms with van der Waals surface area (Å²) in [4.78, 5) is 18.9. The zero-order valence-electron chi connectivity index (χ0n) is 6.14. The number of likely N-dealkylation sites (N-methyl/N-ethyl adjacent to an activating group) is 1. The highest BCUT2D eigenvalue weighted by atomic mass is 17.2. The van der Waals surface area contributed by atoms with E-state index in [0.717, 1.165) is 0 Å². The second-order valence-corrected chi connectivity index (χ2v) is 1.55. The van der Waals surface area contributed by atoms with Crippen LogP contribution in [0.3, 0.4) is 0 Å². The van der Waals surface area contributed by atoms with Gasteiger partial charge in [0.05, 0.1) is 7.11 Å². The van der Waals surface area contributed by atoms with Gasteiger partial charge in [-0.3, -0.25) is 4.89 Å². The molecular weight excluding hydrogens is 134 g/mol. The Bertz CT molecular complexity index is 117. The predicted octanol–water partition coefficient (Wildman–Crippen LogP) is 0.214. The first-order valence-electron chi connectivity index (χ1n) is 2.90. The first-order chi connectivity index (χ1) is 4.72. The molecule has 0 atom stereocenters. The van der Waals surface area contributed by atoms with Crippen molar-refractivity contribution in [1.29, 1.82) is 0 Å². The van der Waals surface area contributed by atoms with Crippen molar-refractivity contribution in [2.24, 2.45) is 0 Å². The molecule has 4 nitrogen and oxygen atoms in total. The lowest BCUT2D eigenvalue weighted by Gasteiger charge is -2.03. The number of carbonyl (C=O) groups is 1. The van der Waals surface area contributed by atoms with Crippen LogP contribution in [0.1, 0.15) is 6.92 Å². The van der Waals surface area contributed by atoms with Crippen LogP contribution in [0.15, 0.2) is 12.3 Å². The normalized spacial score (nSPS) is 8.60. The van der Waals surface area contributed by atoms with E-state index in [1.807, 2.05) is 6.92 Å². The molecule has 0 radical (unpaired) electrons. The van der Waals surface area contributed by atoms with E-state index in [1.165, 1.54) is 7.11 Å². The Hall–Kier alpha value is -1.03. The molecule has 0 bridgehead atoms. The fourth-order valence-electron chi connectivity index (χ4n) is 0.412. The summed E-state index contributed by atoms with van der Waals surface area (Å²) in [5.74, 6) is -0.593. The van der Waals surface area contributed by atoms with Crippen molar-refractivity contribution in [3.63, 3.8) is 0 Å². The van der Waals surface area contributed by atoms with Crippen molar-refractivity contribution in [3.8, 4) is 0 Å². The van der Waals surface area contributed by atoms with Gasteiger partial charge in [0, 0.05) is 6.54 Å². The molecule has 0 spiro atoms. The van der Waals surface area contributed by atoms with Crippen molar-refractivity contribution < 1.29 is 14.6 Å². The molecule has 0 rings (SSSR count). The minimum atomic E-state index is -0.593. The van der Waals surface area contributed by atoms with Gasteiger partial charge in [-0.1, -0.05) is 6.58 Å². The van der Waals surface area contributed by atoms with Crippen LogP contribution in [-0.2, 0) is 14.6 Å². The molecule has 0 aromatic heterocycles. The molecule has 4 heteroatoms. The van der Waals surface area contributed by atoms with Gasteiger partial charge in [-0.25, -0.2) is 4.79 Å². The highest BCUT2D eigenvalue weighted by Crippen LogP contribution is 1.88. The van der Waals surface area contributed by atoms with Crippen LogP contribution in [0.2, 0.25) is 0 Å². The van der Waals surface area contributed by atoms with Gasteiger partial charge in [0.2, 0.25) is 0 Å². The quantitative estimate of drug-likeness (QED) is 0.349. The third kappa shape index (κ3) is 3.09. The molecule has 0 aliphatic heterocycles. The molecule has 0 amide bonds. The van der Waals surface area contributed by atoms with Crippen LogP contribution in [0.4, 0.5) is 0 Å². The molecule has 1 N–H and O–H groups in total. The first kappa shape index (κ1) is 8.97. The average molecular weight is 145 g/mol. The second kappa shape index (κ2) is 4.81. The molecule has 10 heavy (non-hydrogen) atoms. The summed E-state index contributed by atoms with van der Waals surface area (Å²) in [5, 5.41) is 2.68. The van der Waals surface area contributed by atoms with E-state index < -0.39 is 5.97 Å². The maximum atomic E-state index is 10.6. The third-order valence-corrected chi connectivity index (χ3v) is 0.796. The Morgan fingerprint density at radius 3 is 2.70 bits per heavy atom. The molecule has 0 aliphatic carbocycles. The summed E-state index contributed by atoms with van der Waals surface area (Å²) >= 11 is 0. The van der Waals surface area contributed by atoms with Gasteiger partial charge < -0.3 is 5.32 Å². The first-order valence-corrected chi connectivity index (χ1v) is 2.90. The molecule has 0 saturated heterocycles. The maximum absolute atomic E-state index is 10.6. The number of nitrogens with one attached hydrogen (secondary N) is 1. The van der Waals surface area contributed by atoms with Gasteiger partial charge in [0.15, 0.2) is 0 Å². The molecule has 0 saturated carbocycles. The lowest BCUT2D eigenvalue weighted by molar-refractivity contribution is -0.250. The number of carbonyl (C=O) groups excluding carboxylic acids is 1. The zero-order valence-corrected chi connectivity index (χ0v) is 6.14. The molecule has 0 aromatic rings. The predicted molar refractivity (Wildman–Crippen MR) is 35.9 cm³/mol. The van der Waals surface area contributed by atoms with Crippen LogP contribution < -0.4 is 5.32 Å². The van der Waals surface area contributed by atoms with Crippen LogP contribution in [-0.4, -0.2) is 19.6 Å². The summed E-state index contributed by atoms with van der Waals surface area (Å²) in [6.45, 7) is 5.89. The molecule has 0 unspecified atom stereocenters. The van der Waals surface area contributed by atoms with Crippen LogP contribution in [0.5, 0.6) is 0 Å². The van der Waals surface area contributed by atoms with Gasteiger partial charge >= 0.3 is 5.97 Å². The average Bonchev–Trinajstić information content (AvgIpc) is 1.89. The Morgan fingerprint density at radius 2 is 2.30 bits per heavy atom. The van der Waals surface area contributed by atoms with Gasteiger partial charge in [-0.2, -0.15) is 4.89 Å². The van der Waals surface area contributed by atoms with Crippen molar-refractivity contribution in [1.82, 2.24) is 5.32 Å². The van der Waals surface area contributed by atoms with Crippen molar-refractivity contribution >= 4 is 5.97 Å². The summed E-state index contributed by atoms with van der Waals surface area (Å²) in [6, 6.07) is 0. The van der Waals surface area contributed by atoms with Crippen LogP contribution >= 0.6 is 0 Å². The van der Waals surface area contributed by atoms with Crippen molar-refractivity contribution in [2.45, 2.75) is 6.92 Å². The monoisotopic (exact) mass is 145 g/mol. The SMILES string of the molecule is C=C(NCC)C(=O)OOC. The van der Waals surface area contributed by atoms with E-state index in [0.29, 0.717) is 6.54 Å². The molecule has 0 aromatic carbocycles. The lowest BCUT2D eigenvalue weighted by atomic mass is 10.5. The van der Waals surface area contributed by atoms with Gasteiger partial charge in [0.1, 0.15) is 5.70 Å². The van der Waals surface area contributed by atoms with E-state index in [-0.39, 0.29) is 5.70 Å². The maximum Gasteiger partial charge on any atom is 0.388 e. The van der Waals surface area contributed by atoms with Crippen molar-refractivity contribution in [2.75, 3.05) is 13.7 Å². The number of rotatable bonds is 4. The largest absolute Gasteiger partial charge is 0.388 e. The summed E-state index contributed by atoms with van der Waals surface area (Å²) in [7, 11) is 1.26. The van der Waals surface area contributed by atoms with Crippen molar-refractivity contribution in [3.05, 3.63) is 12.3 Å².